The molecule has 1 saturated carbocycles. The predicted octanol–water partition coefficient (Wildman–Crippen LogP) is 0.566. The number of rotatable bonds is 3. The van der Waals surface area contributed by atoms with Gasteiger partial charge in [0.15, 0.2) is 0 Å². The highest BCUT2D eigenvalue weighted by Crippen LogP contribution is 2.30. The molecular weight excluding hydrogens is 270 g/mol. The standard InChI is InChI=1S/C12H20F2N4O2/c13-9-2-1-3-10(14)8(9)6-17-7-11(15-16-17)18-4-5-20-12(18)19/h8-11,15-16H,1-7H2. The Labute approximate surface area is 116 Å². The van der Waals surface area contributed by atoms with Gasteiger partial charge in [0, 0.05) is 19.0 Å². The number of hydrogen-bond donors (Lipinski definition) is 2. The summed E-state index contributed by atoms with van der Waals surface area (Å²) in [6, 6.07) is 0. The number of hydrogen-bond acceptors (Lipinski definition) is 5. The lowest BCUT2D eigenvalue weighted by Gasteiger charge is -2.32. The molecule has 3 aliphatic rings. The Morgan fingerprint density at radius 3 is 2.70 bits per heavy atom. The van der Waals surface area contributed by atoms with Crippen LogP contribution in [0.15, 0.2) is 0 Å². The number of nitrogens with zero attached hydrogens (tertiary/aromatic N) is 2. The fraction of sp³-hybridized carbons (Fsp3) is 0.917. The maximum atomic E-state index is 13.8. The third-order valence-electron chi connectivity index (χ3n) is 4.27. The van der Waals surface area contributed by atoms with Crippen LogP contribution in [0.3, 0.4) is 0 Å². The molecule has 0 aromatic carbocycles. The average molecular weight is 290 g/mol. The molecular formula is C12H20F2N4O2. The molecule has 2 heterocycles. The Balaban J connectivity index is 1.53. The molecule has 6 nitrogen and oxygen atoms in total. The van der Waals surface area contributed by atoms with Crippen molar-refractivity contribution in [1.29, 1.82) is 0 Å². The lowest BCUT2D eigenvalue weighted by Crippen LogP contribution is -2.46. The van der Waals surface area contributed by atoms with Crippen LogP contribution in [0.2, 0.25) is 0 Å². The molecule has 3 atom stereocenters. The van der Waals surface area contributed by atoms with Crippen LogP contribution in [0.1, 0.15) is 19.3 Å². The second-order valence-corrected chi connectivity index (χ2v) is 5.61. The molecule has 1 amide bonds. The third kappa shape index (κ3) is 2.72. The van der Waals surface area contributed by atoms with E-state index in [0.717, 1.165) is 0 Å². The number of alkyl halides is 2. The molecule has 8 heteroatoms. The highest BCUT2D eigenvalue weighted by Gasteiger charge is 2.39. The zero-order chi connectivity index (χ0) is 14.1. The molecule has 3 unspecified atom stereocenters. The summed E-state index contributed by atoms with van der Waals surface area (Å²) in [5, 5.41) is 1.74. The van der Waals surface area contributed by atoms with Crippen LogP contribution in [0, 0.1) is 5.92 Å². The first kappa shape index (κ1) is 14.0. The molecule has 0 aromatic heterocycles. The van der Waals surface area contributed by atoms with Gasteiger partial charge in [0.05, 0.1) is 6.54 Å². The highest BCUT2D eigenvalue weighted by atomic mass is 19.1. The molecule has 0 aromatic rings. The van der Waals surface area contributed by atoms with Gasteiger partial charge in [0.25, 0.3) is 0 Å². The molecule has 0 radical (unpaired) electrons. The van der Waals surface area contributed by atoms with Gasteiger partial charge in [-0.2, -0.15) is 5.53 Å². The van der Waals surface area contributed by atoms with Crippen LogP contribution in [0.25, 0.3) is 0 Å². The molecule has 20 heavy (non-hydrogen) atoms. The van der Waals surface area contributed by atoms with Gasteiger partial charge in [-0.25, -0.2) is 24.0 Å². The van der Waals surface area contributed by atoms with E-state index < -0.39 is 18.3 Å². The van der Waals surface area contributed by atoms with Crippen LogP contribution in [-0.2, 0) is 4.74 Å². The van der Waals surface area contributed by atoms with Crippen molar-refractivity contribution in [2.75, 3.05) is 26.2 Å². The number of halogens is 2. The van der Waals surface area contributed by atoms with Crippen molar-refractivity contribution in [2.45, 2.75) is 37.8 Å². The summed E-state index contributed by atoms with van der Waals surface area (Å²) in [5.41, 5.74) is 5.85. The summed E-state index contributed by atoms with van der Waals surface area (Å²) < 4.78 is 32.5. The molecule has 2 saturated heterocycles. The highest BCUT2D eigenvalue weighted by molar-refractivity contribution is 5.69. The first-order valence-electron chi connectivity index (χ1n) is 7.13. The van der Waals surface area contributed by atoms with Gasteiger partial charge in [-0.3, -0.25) is 4.90 Å². The van der Waals surface area contributed by atoms with E-state index in [4.69, 9.17) is 4.74 Å². The zero-order valence-corrected chi connectivity index (χ0v) is 11.2. The monoisotopic (exact) mass is 290 g/mol. The number of hydrazine groups is 2. The number of ether oxygens (including phenoxy) is 1. The average Bonchev–Trinajstić information content (AvgIpc) is 3.02. The topological polar surface area (TPSA) is 56.8 Å². The molecule has 1 aliphatic carbocycles. The normalized spacial score (nSPS) is 39.3. The quantitative estimate of drug-likeness (QED) is 0.796. The fourth-order valence-electron chi connectivity index (χ4n) is 3.10. The summed E-state index contributed by atoms with van der Waals surface area (Å²) >= 11 is 0. The van der Waals surface area contributed by atoms with Crippen molar-refractivity contribution in [3.63, 3.8) is 0 Å². The van der Waals surface area contributed by atoms with Crippen molar-refractivity contribution < 1.29 is 18.3 Å². The fourth-order valence-corrected chi connectivity index (χ4v) is 3.10. The number of nitrogens with one attached hydrogen (secondary N) is 2. The molecule has 2 N–H and O–H groups in total. The second-order valence-electron chi connectivity index (χ2n) is 5.61. The van der Waals surface area contributed by atoms with Crippen LogP contribution in [0.5, 0.6) is 0 Å². The summed E-state index contributed by atoms with van der Waals surface area (Å²) in [7, 11) is 0. The maximum absolute atomic E-state index is 13.8. The zero-order valence-electron chi connectivity index (χ0n) is 11.2. The van der Waals surface area contributed by atoms with Gasteiger partial charge in [0.2, 0.25) is 0 Å². The minimum absolute atomic E-state index is 0.218. The van der Waals surface area contributed by atoms with Gasteiger partial charge >= 0.3 is 6.09 Å². The van der Waals surface area contributed by atoms with E-state index in [2.05, 4.69) is 11.0 Å². The minimum Gasteiger partial charge on any atom is -0.447 e. The Kier molecular flexibility index (Phi) is 4.04. The van der Waals surface area contributed by atoms with Gasteiger partial charge < -0.3 is 4.74 Å². The molecule has 114 valence electrons. The van der Waals surface area contributed by atoms with E-state index in [1.807, 2.05) is 0 Å². The smallest absolute Gasteiger partial charge is 0.411 e. The van der Waals surface area contributed by atoms with E-state index in [1.165, 1.54) is 0 Å². The summed E-state index contributed by atoms with van der Waals surface area (Å²) in [6.45, 7) is 1.71. The van der Waals surface area contributed by atoms with E-state index in [-0.39, 0.29) is 12.3 Å². The number of cyclic esters (lactones) is 1. The Bertz CT molecular complexity index is 363. The summed E-state index contributed by atoms with van der Waals surface area (Å²) in [4.78, 5) is 13.0. The molecule has 2 aliphatic heterocycles. The Morgan fingerprint density at radius 1 is 1.30 bits per heavy atom. The predicted molar refractivity (Wildman–Crippen MR) is 66.8 cm³/mol. The lowest BCUT2D eigenvalue weighted by atomic mass is 9.85. The van der Waals surface area contributed by atoms with E-state index >= 15 is 0 Å². The summed E-state index contributed by atoms with van der Waals surface area (Å²) in [5.74, 6) is -0.595. The maximum Gasteiger partial charge on any atom is 0.411 e. The van der Waals surface area contributed by atoms with Crippen molar-refractivity contribution in [1.82, 2.24) is 20.9 Å². The minimum atomic E-state index is -1.09. The SMILES string of the molecule is O=C1OCCN1C1CN(CC2C(F)CCCC2F)NN1. The van der Waals surface area contributed by atoms with Crippen molar-refractivity contribution >= 4 is 6.09 Å². The summed E-state index contributed by atoms with van der Waals surface area (Å²) in [6.07, 6.45) is -1.25. The van der Waals surface area contributed by atoms with E-state index in [0.29, 0.717) is 45.5 Å². The van der Waals surface area contributed by atoms with Crippen LogP contribution < -0.4 is 11.0 Å². The number of amides is 1. The Morgan fingerprint density at radius 2 is 2.05 bits per heavy atom. The van der Waals surface area contributed by atoms with Crippen molar-refractivity contribution in [3.8, 4) is 0 Å². The van der Waals surface area contributed by atoms with Crippen LogP contribution >= 0.6 is 0 Å². The Hall–Kier alpha value is -0.990. The van der Waals surface area contributed by atoms with Gasteiger partial charge in [-0.05, 0) is 19.3 Å². The molecule has 3 fully saturated rings. The number of carbonyl (C=O) groups is 1. The van der Waals surface area contributed by atoms with Crippen LogP contribution in [-0.4, -0.2) is 60.8 Å². The molecule has 0 bridgehead atoms. The molecule has 3 rings (SSSR count). The van der Waals surface area contributed by atoms with E-state index in [9.17, 15) is 13.6 Å². The van der Waals surface area contributed by atoms with Crippen LogP contribution in [0.4, 0.5) is 13.6 Å². The van der Waals surface area contributed by atoms with Crippen molar-refractivity contribution in [2.24, 2.45) is 5.92 Å². The lowest BCUT2D eigenvalue weighted by molar-refractivity contribution is 0.0384. The second kappa shape index (κ2) is 5.79. The van der Waals surface area contributed by atoms with Gasteiger partial charge in [-0.1, -0.05) is 0 Å². The largest absolute Gasteiger partial charge is 0.447 e. The number of carbonyl (C=O) groups excluding carboxylic acids is 1. The van der Waals surface area contributed by atoms with E-state index in [1.54, 1.807) is 9.91 Å². The van der Waals surface area contributed by atoms with Crippen molar-refractivity contribution in [3.05, 3.63) is 0 Å². The van der Waals surface area contributed by atoms with Gasteiger partial charge in [0.1, 0.15) is 25.1 Å². The third-order valence-corrected chi connectivity index (χ3v) is 4.27. The molecule has 0 spiro atoms. The first-order valence-corrected chi connectivity index (χ1v) is 7.13. The van der Waals surface area contributed by atoms with Gasteiger partial charge in [-0.15, -0.1) is 0 Å². The first-order chi connectivity index (χ1) is 9.65.